The van der Waals surface area contributed by atoms with Crippen molar-refractivity contribution in [3.8, 4) is 11.4 Å². The summed E-state index contributed by atoms with van der Waals surface area (Å²) >= 11 is 0. The van der Waals surface area contributed by atoms with Crippen LogP contribution in [0.25, 0.3) is 22.3 Å². The molecule has 0 bridgehead atoms. The molecule has 1 amide bonds. The minimum Gasteiger partial charge on any atom is -0.356 e. The molecule has 7 nitrogen and oxygen atoms in total. The molecule has 152 valence electrons. The first-order valence-corrected chi connectivity index (χ1v) is 9.86. The minimum absolute atomic E-state index is 0.0791. The summed E-state index contributed by atoms with van der Waals surface area (Å²) in [5.74, 6) is 0.467. The van der Waals surface area contributed by atoms with Crippen LogP contribution in [0.15, 0.2) is 63.9 Å². The summed E-state index contributed by atoms with van der Waals surface area (Å²) in [5.41, 5.74) is 3.07. The molecule has 0 saturated heterocycles. The number of carbonyl (C=O) groups excluding carboxylic acids is 1. The van der Waals surface area contributed by atoms with Crippen LogP contribution in [0, 0.1) is 6.92 Å². The van der Waals surface area contributed by atoms with Crippen LogP contribution in [0.3, 0.4) is 0 Å². The molecule has 0 aliphatic rings. The lowest BCUT2D eigenvalue weighted by Crippen LogP contribution is -2.25. The Morgan fingerprint density at radius 1 is 1.10 bits per heavy atom. The summed E-state index contributed by atoms with van der Waals surface area (Å²) in [7, 11) is 0. The van der Waals surface area contributed by atoms with E-state index in [0.29, 0.717) is 24.4 Å². The molecule has 0 aliphatic heterocycles. The standard InChI is InChI=1S/C23H22N4O3/c1-15-7-8-17-14-18(23(29)25-19(17)13-15)22-26-21(30-27-22)10-9-20(28)24-12-11-16-5-3-2-4-6-16/h2-8,13-14H,9-12H2,1H3,(H,24,28)(H,25,29). The SMILES string of the molecule is Cc1ccc2cc(-c3noc(CCC(=O)NCCc4ccccc4)n3)c(=O)[nH]c2c1. The van der Waals surface area contributed by atoms with Crippen LogP contribution in [0.1, 0.15) is 23.4 Å². The number of nitrogens with one attached hydrogen (secondary N) is 2. The summed E-state index contributed by atoms with van der Waals surface area (Å²) in [6.45, 7) is 2.54. The predicted octanol–water partition coefficient (Wildman–Crippen LogP) is 3.18. The van der Waals surface area contributed by atoms with Gasteiger partial charge in [-0.15, -0.1) is 0 Å². The van der Waals surface area contributed by atoms with Crippen molar-refractivity contribution in [1.29, 1.82) is 0 Å². The molecule has 2 aromatic heterocycles. The second kappa shape index (κ2) is 8.73. The number of pyridine rings is 1. The Bertz CT molecular complexity index is 1230. The fraction of sp³-hybridized carbons (Fsp3) is 0.217. The number of hydrogen-bond acceptors (Lipinski definition) is 5. The fourth-order valence-corrected chi connectivity index (χ4v) is 3.25. The zero-order valence-corrected chi connectivity index (χ0v) is 16.6. The lowest BCUT2D eigenvalue weighted by molar-refractivity contribution is -0.121. The third kappa shape index (κ3) is 4.63. The zero-order chi connectivity index (χ0) is 20.9. The highest BCUT2D eigenvalue weighted by molar-refractivity contribution is 5.82. The van der Waals surface area contributed by atoms with Gasteiger partial charge >= 0.3 is 0 Å². The number of H-pyrrole nitrogens is 1. The van der Waals surface area contributed by atoms with Gasteiger partial charge in [0.2, 0.25) is 17.6 Å². The molecule has 0 spiro atoms. The van der Waals surface area contributed by atoms with Crippen molar-refractivity contribution in [2.75, 3.05) is 6.54 Å². The maximum atomic E-state index is 12.4. The van der Waals surface area contributed by atoms with Crippen LogP contribution in [0.4, 0.5) is 0 Å². The number of fused-ring (bicyclic) bond motifs is 1. The van der Waals surface area contributed by atoms with Gasteiger partial charge in [0.15, 0.2) is 0 Å². The zero-order valence-electron chi connectivity index (χ0n) is 16.6. The van der Waals surface area contributed by atoms with E-state index >= 15 is 0 Å². The van der Waals surface area contributed by atoms with E-state index in [1.807, 2.05) is 55.5 Å². The van der Waals surface area contributed by atoms with E-state index in [9.17, 15) is 9.59 Å². The summed E-state index contributed by atoms with van der Waals surface area (Å²) in [6, 6.07) is 17.6. The van der Waals surface area contributed by atoms with Gasteiger partial charge in [-0.25, -0.2) is 0 Å². The van der Waals surface area contributed by atoms with Gasteiger partial charge in [-0.2, -0.15) is 4.98 Å². The predicted molar refractivity (Wildman–Crippen MR) is 114 cm³/mol. The van der Waals surface area contributed by atoms with Crippen LogP contribution in [-0.4, -0.2) is 27.6 Å². The topological polar surface area (TPSA) is 101 Å². The minimum atomic E-state index is -0.279. The van der Waals surface area contributed by atoms with Crippen molar-refractivity contribution in [3.63, 3.8) is 0 Å². The fourth-order valence-electron chi connectivity index (χ4n) is 3.25. The molecule has 4 aromatic rings. The van der Waals surface area contributed by atoms with E-state index in [4.69, 9.17) is 4.52 Å². The van der Waals surface area contributed by atoms with Crippen LogP contribution < -0.4 is 10.9 Å². The molecule has 0 fully saturated rings. The molecule has 0 atom stereocenters. The smallest absolute Gasteiger partial charge is 0.259 e. The first kappa shape index (κ1) is 19.6. The number of nitrogens with zero attached hydrogens (tertiary/aromatic N) is 2. The van der Waals surface area contributed by atoms with Crippen LogP contribution in [-0.2, 0) is 17.6 Å². The van der Waals surface area contributed by atoms with Crippen LogP contribution in [0.5, 0.6) is 0 Å². The molecule has 30 heavy (non-hydrogen) atoms. The van der Waals surface area contributed by atoms with Crippen molar-refractivity contribution in [1.82, 2.24) is 20.4 Å². The lowest BCUT2D eigenvalue weighted by atomic mass is 10.1. The Morgan fingerprint density at radius 2 is 1.93 bits per heavy atom. The van der Waals surface area contributed by atoms with Crippen molar-refractivity contribution < 1.29 is 9.32 Å². The molecule has 0 unspecified atom stereocenters. The highest BCUT2D eigenvalue weighted by atomic mass is 16.5. The third-order valence-corrected chi connectivity index (χ3v) is 4.86. The van der Waals surface area contributed by atoms with Gasteiger partial charge < -0.3 is 14.8 Å². The maximum absolute atomic E-state index is 12.4. The number of rotatable bonds is 7. The quantitative estimate of drug-likeness (QED) is 0.494. The highest BCUT2D eigenvalue weighted by Gasteiger charge is 2.14. The second-order valence-corrected chi connectivity index (χ2v) is 7.20. The Balaban J connectivity index is 1.35. The van der Waals surface area contributed by atoms with E-state index in [-0.39, 0.29) is 23.7 Å². The van der Waals surface area contributed by atoms with Gasteiger partial charge in [-0.1, -0.05) is 47.6 Å². The highest BCUT2D eigenvalue weighted by Crippen LogP contribution is 2.18. The van der Waals surface area contributed by atoms with Crippen molar-refractivity contribution in [3.05, 3.63) is 82.0 Å². The molecule has 2 N–H and O–H groups in total. The first-order chi connectivity index (χ1) is 14.6. The molecule has 4 rings (SSSR count). The molecule has 0 radical (unpaired) electrons. The average Bonchev–Trinajstić information content (AvgIpc) is 3.21. The van der Waals surface area contributed by atoms with Crippen LogP contribution >= 0.6 is 0 Å². The summed E-state index contributed by atoms with van der Waals surface area (Å²) in [4.78, 5) is 31.6. The van der Waals surface area contributed by atoms with Gasteiger partial charge in [-0.05, 0) is 42.0 Å². The first-order valence-electron chi connectivity index (χ1n) is 9.86. The molecular weight excluding hydrogens is 380 g/mol. The Morgan fingerprint density at radius 3 is 2.77 bits per heavy atom. The monoisotopic (exact) mass is 402 g/mol. The van der Waals surface area contributed by atoms with Crippen LogP contribution in [0.2, 0.25) is 0 Å². The molecular formula is C23H22N4O3. The summed E-state index contributed by atoms with van der Waals surface area (Å²) < 4.78 is 5.24. The normalized spacial score (nSPS) is 11.0. The third-order valence-electron chi connectivity index (χ3n) is 4.86. The van der Waals surface area contributed by atoms with Crippen molar-refractivity contribution in [2.24, 2.45) is 0 Å². The Hall–Kier alpha value is -3.74. The van der Waals surface area contributed by atoms with E-state index in [2.05, 4.69) is 20.4 Å². The Labute approximate surface area is 173 Å². The van der Waals surface area contributed by atoms with Gasteiger partial charge in [0.05, 0.1) is 5.56 Å². The van der Waals surface area contributed by atoms with Gasteiger partial charge in [0.25, 0.3) is 5.56 Å². The van der Waals surface area contributed by atoms with E-state index in [1.54, 1.807) is 6.07 Å². The van der Waals surface area contributed by atoms with Gasteiger partial charge in [0.1, 0.15) is 0 Å². The van der Waals surface area contributed by atoms with E-state index < -0.39 is 0 Å². The maximum Gasteiger partial charge on any atom is 0.259 e. The molecule has 0 saturated carbocycles. The molecule has 2 heterocycles. The molecule has 7 heteroatoms. The lowest BCUT2D eigenvalue weighted by Gasteiger charge is -2.04. The van der Waals surface area contributed by atoms with E-state index in [0.717, 1.165) is 22.9 Å². The second-order valence-electron chi connectivity index (χ2n) is 7.20. The average molecular weight is 402 g/mol. The molecule has 0 aliphatic carbocycles. The van der Waals surface area contributed by atoms with E-state index in [1.165, 1.54) is 5.56 Å². The van der Waals surface area contributed by atoms with Gasteiger partial charge in [-0.3, -0.25) is 9.59 Å². The summed E-state index contributed by atoms with van der Waals surface area (Å²) in [5, 5.41) is 7.69. The van der Waals surface area contributed by atoms with Gasteiger partial charge in [0, 0.05) is 24.9 Å². The van der Waals surface area contributed by atoms with Crippen molar-refractivity contribution >= 4 is 16.8 Å². The number of aromatic nitrogens is 3. The molecule has 2 aromatic carbocycles. The number of aromatic amines is 1. The van der Waals surface area contributed by atoms with Crippen molar-refractivity contribution in [2.45, 2.75) is 26.2 Å². The number of amides is 1. The number of hydrogen-bond donors (Lipinski definition) is 2. The summed E-state index contributed by atoms with van der Waals surface area (Å²) in [6.07, 6.45) is 1.33. The number of benzene rings is 2. The number of carbonyl (C=O) groups is 1. The Kier molecular flexibility index (Phi) is 5.70. The number of aryl methyl sites for hydroxylation is 2. The largest absolute Gasteiger partial charge is 0.356 e.